The van der Waals surface area contributed by atoms with Gasteiger partial charge in [0.2, 0.25) is 0 Å². The second-order valence-corrected chi connectivity index (χ2v) is 10.3. The van der Waals surface area contributed by atoms with Crippen molar-refractivity contribution in [3.8, 4) is 0 Å². The quantitative estimate of drug-likeness (QED) is 0.173. The first-order chi connectivity index (χ1) is 18.6. The highest BCUT2D eigenvalue weighted by Gasteiger charge is 2.47. The van der Waals surface area contributed by atoms with Crippen LogP contribution in [-0.4, -0.2) is 6.71 Å². The van der Waals surface area contributed by atoms with Gasteiger partial charge in [-0.2, -0.15) is 0 Å². The molecule has 181 valence electrons. The van der Waals surface area contributed by atoms with Crippen LogP contribution < -0.4 is 5.46 Å². The van der Waals surface area contributed by atoms with Crippen LogP contribution in [-0.2, 0) is 0 Å². The van der Waals surface area contributed by atoms with Crippen LogP contribution in [0.3, 0.4) is 0 Å². The molecule has 38 heavy (non-hydrogen) atoms. The van der Waals surface area contributed by atoms with Gasteiger partial charge in [0.25, 0.3) is 0 Å². The van der Waals surface area contributed by atoms with E-state index in [1.54, 1.807) is 0 Å². The predicted octanol–water partition coefficient (Wildman–Crippen LogP) is 8.26. The molecule has 1 aliphatic heterocycles. The summed E-state index contributed by atoms with van der Waals surface area (Å²) in [5.74, 6) is 2.76. The number of hydrogen-bond acceptors (Lipinski definition) is 0. The molecular formula is C37H31B+. The molecule has 1 aliphatic rings. The van der Waals surface area contributed by atoms with Crippen LogP contribution in [0.15, 0.2) is 133 Å². The minimum atomic E-state index is 0.103. The summed E-state index contributed by atoms with van der Waals surface area (Å²) in [7, 11) is 0. The topological polar surface area (TPSA) is 0 Å². The SMILES string of the molecule is Cc1cc(C)c([B-]2[C+](c3ccccc3)C(c3ccccc3)=C(c3ccccc3)[C+]2c2ccccc2)c(C)c1. The molecule has 1 radical (unpaired) electrons. The van der Waals surface area contributed by atoms with Gasteiger partial charge in [0.1, 0.15) is 11.1 Å². The van der Waals surface area contributed by atoms with Gasteiger partial charge in [0.15, 0.2) is 0 Å². The number of rotatable bonds is 5. The highest BCUT2D eigenvalue weighted by molar-refractivity contribution is 6.91. The lowest BCUT2D eigenvalue weighted by molar-refractivity contribution is 1.34. The molecule has 0 atom stereocenters. The van der Waals surface area contributed by atoms with Gasteiger partial charge in [-0.25, -0.2) is 5.46 Å². The Morgan fingerprint density at radius 1 is 0.447 bits per heavy atom. The molecule has 0 saturated carbocycles. The Bertz CT molecular complexity index is 1450. The van der Waals surface area contributed by atoms with E-state index in [4.69, 9.17) is 0 Å². The molecule has 0 spiro atoms. The van der Waals surface area contributed by atoms with Gasteiger partial charge in [-0.1, -0.05) is 65.2 Å². The van der Waals surface area contributed by atoms with Crippen molar-refractivity contribution in [1.82, 2.24) is 0 Å². The van der Waals surface area contributed by atoms with Crippen LogP contribution in [0.5, 0.6) is 0 Å². The monoisotopic (exact) mass is 486 g/mol. The number of benzene rings is 5. The maximum absolute atomic E-state index is 2.34. The second kappa shape index (κ2) is 10.2. The van der Waals surface area contributed by atoms with E-state index in [0.717, 1.165) is 0 Å². The van der Waals surface area contributed by atoms with E-state index in [-0.39, 0.29) is 6.71 Å². The van der Waals surface area contributed by atoms with Gasteiger partial charge in [-0.3, -0.25) is 0 Å². The Labute approximate surface area is 227 Å². The third-order valence-electron chi connectivity index (χ3n) is 7.69. The fourth-order valence-electron chi connectivity index (χ4n) is 6.30. The predicted molar refractivity (Wildman–Crippen MR) is 163 cm³/mol. The molecule has 5 aromatic carbocycles. The molecular weight excluding hydrogens is 455 g/mol. The molecule has 0 nitrogen and oxygen atoms in total. The van der Waals surface area contributed by atoms with Gasteiger partial charge in [0, 0.05) is 35.4 Å². The van der Waals surface area contributed by atoms with Crippen LogP contribution >= 0.6 is 0 Å². The zero-order valence-electron chi connectivity index (χ0n) is 22.3. The molecule has 6 rings (SSSR count). The normalized spacial score (nSPS) is 13.9. The third kappa shape index (κ3) is 4.25. The molecule has 0 unspecified atom stereocenters. The van der Waals surface area contributed by atoms with Crippen LogP contribution in [0.4, 0.5) is 0 Å². The summed E-state index contributed by atoms with van der Waals surface area (Å²) < 4.78 is 0. The first kappa shape index (κ1) is 24.0. The summed E-state index contributed by atoms with van der Waals surface area (Å²) in [6, 6.07) is 48.6. The molecule has 0 saturated heterocycles. The Hall–Kier alpha value is -4.36. The van der Waals surface area contributed by atoms with Crippen LogP contribution in [0.1, 0.15) is 38.9 Å². The van der Waals surface area contributed by atoms with Gasteiger partial charge in [-0.05, 0) is 81.4 Å². The summed E-state index contributed by atoms with van der Waals surface area (Å²) in [5.41, 5.74) is 13.1. The Morgan fingerprint density at radius 2 is 0.789 bits per heavy atom. The zero-order chi connectivity index (χ0) is 26.1. The van der Waals surface area contributed by atoms with E-state index in [0.29, 0.717) is 0 Å². The van der Waals surface area contributed by atoms with Crippen LogP contribution in [0.25, 0.3) is 11.1 Å². The van der Waals surface area contributed by atoms with Crippen molar-refractivity contribution in [2.24, 2.45) is 0 Å². The van der Waals surface area contributed by atoms with Gasteiger partial charge < -0.3 is 0 Å². The molecule has 5 aromatic rings. The van der Waals surface area contributed by atoms with Gasteiger partial charge >= 0.3 is 0 Å². The second-order valence-electron chi connectivity index (χ2n) is 10.3. The van der Waals surface area contributed by atoms with Gasteiger partial charge in [-0.15, -0.1) is 11.6 Å². The van der Waals surface area contributed by atoms with E-state index in [2.05, 4.69) is 154 Å². The lowest BCUT2D eigenvalue weighted by Gasteiger charge is -2.34. The molecule has 0 aliphatic carbocycles. The summed E-state index contributed by atoms with van der Waals surface area (Å²) in [6.07, 6.45) is 0. The van der Waals surface area contributed by atoms with Crippen molar-refractivity contribution in [1.29, 1.82) is 0 Å². The molecule has 1 heteroatoms. The minimum absolute atomic E-state index is 0.103. The largest absolute Gasteiger partial charge is 0.205 e. The maximum atomic E-state index is 2.34. The summed E-state index contributed by atoms with van der Waals surface area (Å²) in [5, 5.41) is 0. The van der Waals surface area contributed by atoms with Crippen LogP contribution in [0.2, 0.25) is 0 Å². The first-order valence-corrected chi connectivity index (χ1v) is 13.4. The van der Waals surface area contributed by atoms with E-state index in [9.17, 15) is 0 Å². The average Bonchev–Trinajstić information content (AvgIpc) is 3.30. The minimum Gasteiger partial charge on any atom is -0.205 e. The molecule has 0 fully saturated rings. The third-order valence-corrected chi connectivity index (χ3v) is 7.69. The molecule has 0 amide bonds. The molecule has 0 N–H and O–H groups in total. The van der Waals surface area contributed by atoms with Crippen molar-refractivity contribution in [2.45, 2.75) is 20.8 Å². The summed E-state index contributed by atoms with van der Waals surface area (Å²) in [6.45, 7) is 6.86. The van der Waals surface area contributed by atoms with Crippen LogP contribution in [0, 0.1) is 32.4 Å². The Balaban J connectivity index is 1.75. The average molecular weight is 486 g/mol. The smallest absolute Gasteiger partial charge is 0.106 e. The molecule has 1 heterocycles. The lowest BCUT2D eigenvalue weighted by Crippen LogP contribution is -2.43. The zero-order valence-corrected chi connectivity index (χ0v) is 22.3. The summed E-state index contributed by atoms with van der Waals surface area (Å²) >= 11 is 0. The lowest BCUT2D eigenvalue weighted by atomic mass is 9.29. The first-order valence-electron chi connectivity index (χ1n) is 13.4. The van der Waals surface area contributed by atoms with E-state index >= 15 is 0 Å². The highest BCUT2D eigenvalue weighted by atomic mass is 14.3. The molecule has 0 bridgehead atoms. The highest BCUT2D eigenvalue weighted by Crippen LogP contribution is 2.53. The number of aryl methyl sites for hydroxylation is 3. The van der Waals surface area contributed by atoms with E-state index in [1.165, 1.54) is 67.2 Å². The number of allylic oxidation sites excluding steroid dienone is 2. The van der Waals surface area contributed by atoms with Gasteiger partial charge in [0.05, 0.1) is 17.8 Å². The Kier molecular flexibility index (Phi) is 6.44. The van der Waals surface area contributed by atoms with Crippen molar-refractivity contribution in [2.75, 3.05) is 0 Å². The van der Waals surface area contributed by atoms with Crippen molar-refractivity contribution < 1.29 is 0 Å². The fourth-order valence-corrected chi connectivity index (χ4v) is 6.30. The van der Waals surface area contributed by atoms with E-state index in [1.807, 2.05) is 0 Å². The van der Waals surface area contributed by atoms with Crippen molar-refractivity contribution in [3.63, 3.8) is 0 Å². The fraction of sp³-hybridized carbons (Fsp3) is 0.0811. The molecule has 0 aromatic heterocycles. The number of hydrogen-bond donors (Lipinski definition) is 0. The van der Waals surface area contributed by atoms with Crippen molar-refractivity contribution in [3.05, 3.63) is 184 Å². The Morgan fingerprint density at radius 3 is 1.16 bits per heavy atom. The maximum Gasteiger partial charge on any atom is 0.106 e. The van der Waals surface area contributed by atoms with Crippen molar-refractivity contribution >= 4 is 23.3 Å². The summed E-state index contributed by atoms with van der Waals surface area (Å²) in [4.78, 5) is 0. The van der Waals surface area contributed by atoms with E-state index < -0.39 is 0 Å². The standard InChI is InChI=1S/C37H31B/c1-26-24-27(2)35(28(3)25-26)38-36(31-20-12-6-13-21-31)33(29-16-8-4-9-17-29)34(30-18-10-5-11-19-30)37(38)32-22-14-7-15-23-32/h4-25H,1-3H3/q+1.